The van der Waals surface area contributed by atoms with Crippen LogP contribution in [-0.4, -0.2) is 20.1 Å². The zero-order valence-corrected chi connectivity index (χ0v) is 14.8. The number of amides is 1. The van der Waals surface area contributed by atoms with Crippen LogP contribution in [-0.2, 0) is 4.79 Å². The van der Waals surface area contributed by atoms with Gasteiger partial charge in [-0.25, -0.2) is 0 Å². The summed E-state index contributed by atoms with van der Waals surface area (Å²) < 4.78 is 11.4. The molecule has 0 atom stereocenters. The largest absolute Gasteiger partial charge is 0.493 e. The molecule has 0 saturated carbocycles. The summed E-state index contributed by atoms with van der Waals surface area (Å²) >= 11 is 9.73. The molecular formula is C17H13BrClNO3. The number of methoxy groups -OCH3 is 2. The smallest absolute Gasteiger partial charge is 0.256 e. The molecule has 1 N–H and O–H groups in total. The molecule has 1 aliphatic heterocycles. The average molecular weight is 395 g/mol. The summed E-state index contributed by atoms with van der Waals surface area (Å²) in [6, 6.07) is 9.05. The number of carbonyl (C=O) groups is 1. The molecule has 23 heavy (non-hydrogen) atoms. The lowest BCUT2D eigenvalue weighted by Gasteiger charge is -2.10. The van der Waals surface area contributed by atoms with Crippen molar-refractivity contribution in [3.8, 4) is 11.5 Å². The number of anilines is 1. The number of carbonyl (C=O) groups excluding carboxylic acids is 1. The van der Waals surface area contributed by atoms with E-state index in [9.17, 15) is 4.79 Å². The van der Waals surface area contributed by atoms with Crippen molar-refractivity contribution in [2.45, 2.75) is 0 Å². The molecule has 1 amide bonds. The standard InChI is InChI=1S/C17H13BrClNO3/c1-22-15-6-9(13(19)8-16(15)23-2)5-12-11-7-10(18)3-4-14(11)20-17(12)21/h3-8H,1-2H3,(H,20,21)/b12-5+. The molecule has 2 aromatic carbocycles. The molecule has 0 aliphatic carbocycles. The molecule has 0 bridgehead atoms. The first kappa shape index (κ1) is 15.9. The van der Waals surface area contributed by atoms with Crippen LogP contribution in [0.15, 0.2) is 34.8 Å². The third-order valence-electron chi connectivity index (χ3n) is 3.57. The molecule has 3 rings (SSSR count). The number of benzene rings is 2. The van der Waals surface area contributed by atoms with Crippen LogP contribution < -0.4 is 14.8 Å². The molecule has 0 spiro atoms. The fourth-order valence-corrected chi connectivity index (χ4v) is 3.01. The summed E-state index contributed by atoms with van der Waals surface area (Å²) in [5, 5.41) is 3.32. The van der Waals surface area contributed by atoms with Gasteiger partial charge in [0.05, 0.1) is 19.2 Å². The number of hydrogen-bond donors (Lipinski definition) is 1. The van der Waals surface area contributed by atoms with Crippen LogP contribution in [0.1, 0.15) is 11.1 Å². The van der Waals surface area contributed by atoms with E-state index >= 15 is 0 Å². The van der Waals surface area contributed by atoms with Crippen LogP contribution in [0.4, 0.5) is 5.69 Å². The molecule has 0 aromatic heterocycles. The van der Waals surface area contributed by atoms with Gasteiger partial charge in [-0.1, -0.05) is 27.5 Å². The second-order valence-electron chi connectivity index (χ2n) is 4.93. The van der Waals surface area contributed by atoms with Crippen LogP contribution >= 0.6 is 27.5 Å². The van der Waals surface area contributed by atoms with Crippen molar-refractivity contribution in [2.75, 3.05) is 19.5 Å². The van der Waals surface area contributed by atoms with Crippen LogP contribution in [0.25, 0.3) is 11.6 Å². The third kappa shape index (κ3) is 2.94. The molecule has 1 aliphatic rings. The minimum atomic E-state index is -0.163. The van der Waals surface area contributed by atoms with Crippen molar-refractivity contribution < 1.29 is 14.3 Å². The maximum absolute atomic E-state index is 12.2. The molecule has 6 heteroatoms. The van der Waals surface area contributed by atoms with Gasteiger partial charge in [-0.15, -0.1) is 0 Å². The first-order chi connectivity index (χ1) is 11.0. The van der Waals surface area contributed by atoms with E-state index in [2.05, 4.69) is 21.2 Å². The van der Waals surface area contributed by atoms with Crippen molar-refractivity contribution in [2.24, 2.45) is 0 Å². The maximum atomic E-state index is 12.2. The fraction of sp³-hybridized carbons (Fsp3) is 0.118. The lowest BCUT2D eigenvalue weighted by Crippen LogP contribution is -2.03. The highest BCUT2D eigenvalue weighted by atomic mass is 79.9. The summed E-state index contributed by atoms with van der Waals surface area (Å²) in [6.45, 7) is 0. The second kappa shape index (κ2) is 6.26. The first-order valence-electron chi connectivity index (χ1n) is 6.78. The lowest BCUT2D eigenvalue weighted by molar-refractivity contribution is -0.110. The van der Waals surface area contributed by atoms with Crippen molar-refractivity contribution >= 4 is 50.8 Å². The average Bonchev–Trinajstić information content (AvgIpc) is 2.84. The predicted molar refractivity (Wildman–Crippen MR) is 95.2 cm³/mol. The van der Waals surface area contributed by atoms with E-state index in [1.165, 1.54) is 0 Å². The highest BCUT2D eigenvalue weighted by Crippen LogP contribution is 2.38. The molecule has 2 aromatic rings. The number of halogens is 2. The molecule has 0 unspecified atom stereocenters. The van der Waals surface area contributed by atoms with E-state index in [-0.39, 0.29) is 5.91 Å². The third-order valence-corrected chi connectivity index (χ3v) is 4.39. The van der Waals surface area contributed by atoms with Gasteiger partial charge in [0.15, 0.2) is 11.5 Å². The van der Waals surface area contributed by atoms with Gasteiger partial charge in [-0.3, -0.25) is 4.79 Å². The summed E-state index contributed by atoms with van der Waals surface area (Å²) in [5.74, 6) is 0.930. The van der Waals surface area contributed by atoms with Crippen LogP contribution in [0, 0.1) is 0 Å². The Morgan fingerprint density at radius 3 is 2.52 bits per heavy atom. The normalized spacial score (nSPS) is 14.6. The van der Waals surface area contributed by atoms with E-state index in [0.29, 0.717) is 27.7 Å². The van der Waals surface area contributed by atoms with Gasteiger partial charge in [-0.05, 0) is 35.9 Å². The Balaban J connectivity index is 2.13. The van der Waals surface area contributed by atoms with Crippen molar-refractivity contribution in [3.63, 3.8) is 0 Å². The van der Waals surface area contributed by atoms with Crippen LogP contribution in [0.5, 0.6) is 11.5 Å². The van der Waals surface area contributed by atoms with Gasteiger partial charge in [0.2, 0.25) is 0 Å². The molecule has 1 heterocycles. The highest BCUT2D eigenvalue weighted by molar-refractivity contribution is 9.10. The Bertz CT molecular complexity index is 833. The summed E-state index contributed by atoms with van der Waals surface area (Å²) in [4.78, 5) is 12.2. The summed E-state index contributed by atoms with van der Waals surface area (Å²) in [5.41, 5.74) is 2.84. The van der Waals surface area contributed by atoms with E-state index in [4.69, 9.17) is 21.1 Å². The van der Waals surface area contributed by atoms with Crippen LogP contribution in [0.3, 0.4) is 0 Å². The number of hydrogen-bond acceptors (Lipinski definition) is 3. The van der Waals surface area contributed by atoms with Crippen molar-refractivity contribution in [1.82, 2.24) is 0 Å². The monoisotopic (exact) mass is 393 g/mol. The quantitative estimate of drug-likeness (QED) is 0.773. The fourth-order valence-electron chi connectivity index (χ4n) is 2.44. The van der Waals surface area contributed by atoms with Gasteiger partial charge in [0.1, 0.15) is 0 Å². The Morgan fingerprint density at radius 1 is 1.13 bits per heavy atom. The highest BCUT2D eigenvalue weighted by Gasteiger charge is 2.24. The zero-order chi connectivity index (χ0) is 16.6. The predicted octanol–water partition coefficient (Wildman–Crippen LogP) is 4.61. The van der Waals surface area contributed by atoms with Gasteiger partial charge in [-0.2, -0.15) is 0 Å². The second-order valence-corrected chi connectivity index (χ2v) is 6.25. The molecule has 0 radical (unpaired) electrons. The van der Waals surface area contributed by atoms with Crippen molar-refractivity contribution in [3.05, 3.63) is 51.0 Å². The molecular weight excluding hydrogens is 382 g/mol. The number of fused-ring (bicyclic) bond motifs is 1. The topological polar surface area (TPSA) is 47.6 Å². The van der Waals surface area contributed by atoms with Gasteiger partial charge >= 0.3 is 0 Å². The number of nitrogens with one attached hydrogen (secondary N) is 1. The maximum Gasteiger partial charge on any atom is 0.256 e. The molecule has 0 saturated heterocycles. The lowest BCUT2D eigenvalue weighted by atomic mass is 10.0. The van der Waals surface area contributed by atoms with Gasteiger partial charge in [0.25, 0.3) is 5.91 Å². The van der Waals surface area contributed by atoms with Crippen molar-refractivity contribution in [1.29, 1.82) is 0 Å². The van der Waals surface area contributed by atoms with Gasteiger partial charge in [0, 0.05) is 27.4 Å². The summed E-state index contributed by atoms with van der Waals surface area (Å²) in [6.07, 6.45) is 1.75. The zero-order valence-electron chi connectivity index (χ0n) is 12.4. The summed E-state index contributed by atoms with van der Waals surface area (Å²) in [7, 11) is 3.10. The Morgan fingerprint density at radius 2 is 1.83 bits per heavy atom. The Kier molecular flexibility index (Phi) is 4.33. The van der Waals surface area contributed by atoms with Gasteiger partial charge < -0.3 is 14.8 Å². The van der Waals surface area contributed by atoms with E-state index < -0.39 is 0 Å². The minimum Gasteiger partial charge on any atom is -0.493 e. The number of rotatable bonds is 3. The number of ether oxygens (including phenoxy) is 2. The van der Waals surface area contributed by atoms with E-state index in [1.807, 2.05) is 18.2 Å². The minimum absolute atomic E-state index is 0.163. The SMILES string of the molecule is COc1cc(Cl)c(/C=C2/C(=O)Nc3ccc(Br)cc32)cc1OC. The Hall–Kier alpha value is -1.98. The first-order valence-corrected chi connectivity index (χ1v) is 7.95. The molecule has 0 fully saturated rings. The van der Waals surface area contributed by atoms with E-state index in [0.717, 1.165) is 15.7 Å². The van der Waals surface area contributed by atoms with Crippen LogP contribution in [0.2, 0.25) is 5.02 Å². The molecule has 118 valence electrons. The Labute approximate surface area is 147 Å². The van der Waals surface area contributed by atoms with E-state index in [1.54, 1.807) is 32.4 Å². The molecule has 4 nitrogen and oxygen atoms in total.